The first-order chi connectivity index (χ1) is 30.8. The third-order valence-corrected chi connectivity index (χ3v) is 19.5. The molecule has 0 N–H and O–H groups in total. The van der Waals surface area contributed by atoms with Crippen LogP contribution in [0.5, 0.6) is 0 Å². The number of fused-ring (bicyclic) bond motifs is 11. The van der Waals surface area contributed by atoms with E-state index in [0.717, 1.165) is 59.2 Å². The maximum absolute atomic E-state index is 5.08. The molecule has 4 bridgehead atoms. The van der Waals surface area contributed by atoms with Crippen molar-refractivity contribution in [3.05, 3.63) is 12.2 Å². The normalized spacial score (nSPS) is 33.9. The molecule has 0 radical (unpaired) electrons. The van der Waals surface area contributed by atoms with E-state index in [-0.39, 0.29) is 0 Å². The van der Waals surface area contributed by atoms with E-state index in [2.05, 4.69) is 27.7 Å². The van der Waals surface area contributed by atoms with Gasteiger partial charge in [-0.3, -0.25) is 0 Å². The highest BCUT2D eigenvalue weighted by atomic mass is 14.4. The Labute approximate surface area is 398 Å². The van der Waals surface area contributed by atoms with Crippen molar-refractivity contribution in [1.82, 2.24) is 0 Å². The summed E-state index contributed by atoms with van der Waals surface area (Å²) in [6, 6.07) is 0. The Hall–Kier alpha value is -0.260. The predicted molar refractivity (Wildman–Crippen MR) is 282 cm³/mol. The molecule has 0 saturated heterocycles. The van der Waals surface area contributed by atoms with Crippen molar-refractivity contribution in [2.24, 2.45) is 64.6 Å². The Morgan fingerprint density at radius 3 is 1.56 bits per heavy atom. The molecule has 0 aliphatic heterocycles. The zero-order valence-corrected chi connectivity index (χ0v) is 44.0. The van der Waals surface area contributed by atoms with Crippen molar-refractivity contribution >= 4 is 0 Å². The average Bonchev–Trinajstić information content (AvgIpc) is 3.68. The van der Waals surface area contributed by atoms with Crippen molar-refractivity contribution < 1.29 is 0 Å². The fourth-order valence-electron chi connectivity index (χ4n) is 15.2. The van der Waals surface area contributed by atoms with E-state index in [9.17, 15) is 0 Å². The maximum atomic E-state index is 5.08. The van der Waals surface area contributed by atoms with Crippen LogP contribution in [0.1, 0.15) is 323 Å². The van der Waals surface area contributed by atoms with E-state index in [0.29, 0.717) is 5.41 Å². The van der Waals surface area contributed by atoms with E-state index in [1.807, 2.05) is 0 Å². The molecule has 0 heteroatoms. The third kappa shape index (κ3) is 22.6. The minimum absolute atomic E-state index is 0.508. The van der Waals surface area contributed by atoms with Crippen LogP contribution in [0.3, 0.4) is 0 Å². The number of rotatable bonds is 13. The molecule has 6 saturated carbocycles. The van der Waals surface area contributed by atoms with Crippen LogP contribution in [-0.2, 0) is 0 Å². The van der Waals surface area contributed by atoms with Gasteiger partial charge < -0.3 is 0 Å². The molecule has 0 aromatic heterocycles. The first-order valence-corrected chi connectivity index (χ1v) is 30.4. The quantitative estimate of drug-likeness (QED) is 0.128. The summed E-state index contributed by atoms with van der Waals surface area (Å²) >= 11 is 0. The number of hydrogen-bond donors (Lipinski definition) is 0. The Morgan fingerprint density at radius 1 is 0.413 bits per heavy atom. The van der Waals surface area contributed by atoms with Gasteiger partial charge in [0.05, 0.1) is 0 Å². The van der Waals surface area contributed by atoms with E-state index in [4.69, 9.17) is 6.58 Å². The number of hydrogen-bond acceptors (Lipinski definition) is 0. The predicted octanol–water partition coefficient (Wildman–Crippen LogP) is 21.8. The fraction of sp³-hybridized carbons (Fsp3) is 0.968. The zero-order valence-electron chi connectivity index (χ0n) is 44.0. The van der Waals surface area contributed by atoms with Crippen molar-refractivity contribution in [3.8, 4) is 0 Å². The molecule has 6 aliphatic carbocycles. The highest BCUT2D eigenvalue weighted by molar-refractivity contribution is 5.04. The van der Waals surface area contributed by atoms with E-state index in [1.165, 1.54) is 205 Å². The van der Waals surface area contributed by atoms with Gasteiger partial charge in [0.25, 0.3) is 0 Å². The van der Waals surface area contributed by atoms with Gasteiger partial charge in [0.1, 0.15) is 0 Å². The fourth-order valence-corrected chi connectivity index (χ4v) is 15.2. The van der Waals surface area contributed by atoms with Gasteiger partial charge in [0.15, 0.2) is 0 Å². The zero-order chi connectivity index (χ0) is 44.4. The first-order valence-electron chi connectivity index (χ1n) is 30.4. The summed E-state index contributed by atoms with van der Waals surface area (Å²) in [5, 5.41) is 0. The van der Waals surface area contributed by atoms with Crippen molar-refractivity contribution in [2.75, 3.05) is 0 Å². The third-order valence-electron chi connectivity index (χ3n) is 19.5. The van der Waals surface area contributed by atoms with Crippen LogP contribution < -0.4 is 0 Å². The SMILES string of the molecule is C=C1C[C@@H](CCCCC)CCCC2CCCCCC(CCCCCC[C@H]1CC1CCC3CCCCC31)CCC(CCCCCCCC(C)(C)C)CCCC1CCC(CCCC2)CC1. The van der Waals surface area contributed by atoms with Crippen LogP contribution in [0.15, 0.2) is 12.2 Å². The lowest BCUT2D eigenvalue weighted by molar-refractivity contribution is 0.204. The molecular weight excluding hydrogens is 757 g/mol. The molecule has 0 aromatic carbocycles. The summed E-state index contributed by atoms with van der Waals surface area (Å²) in [6.07, 6.45) is 69.3. The highest BCUT2D eigenvalue weighted by Crippen LogP contribution is 2.49. The van der Waals surface area contributed by atoms with Crippen LogP contribution in [0, 0.1) is 64.6 Å². The lowest BCUT2D eigenvalue weighted by atomic mass is 9.73. The lowest BCUT2D eigenvalue weighted by Gasteiger charge is -2.33. The molecule has 0 nitrogen and oxygen atoms in total. The molecule has 6 unspecified atom stereocenters. The van der Waals surface area contributed by atoms with E-state index >= 15 is 0 Å². The summed E-state index contributed by atoms with van der Waals surface area (Å²) < 4.78 is 0. The second kappa shape index (κ2) is 31.7. The van der Waals surface area contributed by atoms with Crippen molar-refractivity contribution in [3.63, 3.8) is 0 Å². The molecule has 6 rings (SSSR count). The summed E-state index contributed by atoms with van der Waals surface area (Å²) in [6.45, 7) is 14.8. The second-order valence-corrected chi connectivity index (χ2v) is 25.9. The topological polar surface area (TPSA) is 0 Å². The highest BCUT2D eigenvalue weighted by Gasteiger charge is 2.38. The molecule has 6 aliphatic rings. The van der Waals surface area contributed by atoms with Gasteiger partial charge in [-0.25, -0.2) is 0 Å². The summed E-state index contributed by atoms with van der Waals surface area (Å²) in [5.41, 5.74) is 2.23. The van der Waals surface area contributed by atoms with Crippen molar-refractivity contribution in [2.45, 2.75) is 323 Å². The van der Waals surface area contributed by atoms with Gasteiger partial charge >= 0.3 is 0 Å². The monoisotopic (exact) mass is 873 g/mol. The van der Waals surface area contributed by atoms with E-state index in [1.54, 1.807) is 95.5 Å². The largest absolute Gasteiger partial charge is 0.0996 e. The number of allylic oxidation sites excluding steroid dienone is 1. The molecule has 6 fully saturated rings. The van der Waals surface area contributed by atoms with Crippen LogP contribution >= 0.6 is 0 Å². The van der Waals surface area contributed by atoms with Crippen LogP contribution in [0.25, 0.3) is 0 Å². The first kappa shape index (κ1) is 53.7. The second-order valence-electron chi connectivity index (χ2n) is 25.9. The Balaban J connectivity index is 1.23. The van der Waals surface area contributed by atoms with Gasteiger partial charge in [0, 0.05) is 0 Å². The van der Waals surface area contributed by atoms with Gasteiger partial charge in [-0.05, 0) is 110 Å². The minimum atomic E-state index is 0.508. The number of unbranched alkanes of at least 4 members (excludes halogenated alkanes) is 6. The standard InChI is InChI=1S/C63H116/c1-6-7-14-33-58-37-26-34-53-27-17-13-18-30-54(28-16-10-11-19-39-60(52(2)50-58)51-61-48-47-59-38-22-23-40-62(59)61)41-42-55(29-15-9-8-12-24-49-63(3,4)5)35-25-36-57-45-43-56(44-46-57)32-21-20-31-53/h53-62H,2,6-51H2,1,3-5H3/t53?,54?,55?,56?,57?,58-,59?,60-,61?,62?/m0/s1. The maximum Gasteiger partial charge on any atom is -0.0203 e. The molecule has 0 aromatic rings. The minimum Gasteiger partial charge on any atom is -0.0996 e. The molecule has 0 amide bonds. The molecule has 368 valence electrons. The molecular formula is C63H116. The summed E-state index contributed by atoms with van der Waals surface area (Å²) in [7, 11) is 0. The van der Waals surface area contributed by atoms with Crippen LogP contribution in [0.4, 0.5) is 0 Å². The van der Waals surface area contributed by atoms with Crippen LogP contribution in [-0.4, -0.2) is 0 Å². The van der Waals surface area contributed by atoms with Gasteiger partial charge in [-0.1, -0.05) is 290 Å². The molecule has 63 heavy (non-hydrogen) atoms. The molecule has 0 spiro atoms. The summed E-state index contributed by atoms with van der Waals surface area (Å²) in [5.74, 6) is 9.96. The van der Waals surface area contributed by atoms with Crippen molar-refractivity contribution in [1.29, 1.82) is 0 Å². The van der Waals surface area contributed by atoms with Crippen LogP contribution in [0.2, 0.25) is 0 Å². The molecule has 8 atom stereocenters. The Bertz CT molecular complexity index is 1120. The van der Waals surface area contributed by atoms with Gasteiger partial charge in [0.2, 0.25) is 0 Å². The smallest absolute Gasteiger partial charge is 0.0203 e. The summed E-state index contributed by atoms with van der Waals surface area (Å²) in [4.78, 5) is 0. The lowest BCUT2D eigenvalue weighted by Crippen LogP contribution is -2.22. The Morgan fingerprint density at radius 2 is 0.889 bits per heavy atom. The molecule has 0 heterocycles. The van der Waals surface area contributed by atoms with Gasteiger partial charge in [-0.2, -0.15) is 0 Å². The average molecular weight is 874 g/mol. The Kier molecular flexibility index (Phi) is 27.0. The van der Waals surface area contributed by atoms with Gasteiger partial charge in [-0.15, -0.1) is 0 Å². The van der Waals surface area contributed by atoms with E-state index < -0.39 is 0 Å².